The van der Waals surface area contributed by atoms with Gasteiger partial charge in [0.05, 0.1) is 5.52 Å². The second-order valence-corrected chi connectivity index (χ2v) is 5.88. The molecule has 7 nitrogen and oxygen atoms in total. The number of benzene rings is 2. The molecule has 3 aromatic rings. The lowest BCUT2D eigenvalue weighted by Crippen LogP contribution is -2.44. The molecule has 0 saturated carbocycles. The van der Waals surface area contributed by atoms with Gasteiger partial charge in [-0.2, -0.15) is 0 Å². The highest BCUT2D eigenvalue weighted by Gasteiger charge is 2.21. The van der Waals surface area contributed by atoms with E-state index in [0.717, 1.165) is 5.56 Å². The number of carbonyl (C=O) groups excluding carboxylic acids is 2. The van der Waals surface area contributed by atoms with E-state index in [4.69, 9.17) is 0 Å². The van der Waals surface area contributed by atoms with Gasteiger partial charge in [0, 0.05) is 18.0 Å². The minimum atomic E-state index is -0.894. The molecular weight excluding hydrogens is 334 g/mol. The number of aryl methyl sites for hydroxylation is 2. The molecule has 0 aliphatic carbocycles. The van der Waals surface area contributed by atoms with Crippen molar-refractivity contribution in [1.82, 2.24) is 15.4 Å². The molecule has 0 radical (unpaired) electrons. The molecule has 0 fully saturated rings. The van der Waals surface area contributed by atoms with E-state index in [1.165, 1.54) is 11.6 Å². The predicted octanol–water partition coefficient (Wildman–Crippen LogP) is 1.63. The molecule has 132 valence electrons. The highest BCUT2D eigenvalue weighted by atomic mass is 16.3. The van der Waals surface area contributed by atoms with Gasteiger partial charge in [-0.15, -0.1) is 0 Å². The molecule has 1 aromatic heterocycles. The van der Waals surface area contributed by atoms with E-state index in [9.17, 15) is 19.5 Å². The Balaban J connectivity index is 1.89. The average Bonchev–Trinajstić information content (AvgIpc) is 2.64. The number of carbonyl (C=O) groups is 2. The molecule has 0 spiro atoms. The number of aromatic nitrogens is 1. The van der Waals surface area contributed by atoms with E-state index in [1.807, 2.05) is 13.0 Å². The first-order valence-corrected chi connectivity index (χ1v) is 7.88. The molecule has 0 atom stereocenters. The molecule has 0 unspecified atom stereocenters. The lowest BCUT2D eigenvalue weighted by Gasteiger charge is -2.12. The molecule has 3 rings (SSSR count). The van der Waals surface area contributed by atoms with Gasteiger partial charge in [-0.05, 0) is 31.2 Å². The van der Waals surface area contributed by atoms with E-state index >= 15 is 0 Å². The standard InChI is InChI=1S/C19H17N3O4/c1-11-6-5-7-12(10-11)17(24)20-21-18(25)15-16(23)13-8-3-4-9-14(13)22(2)19(15)26/h3-10,23H,1-2H3,(H,20,24)(H,21,25). The van der Waals surface area contributed by atoms with Crippen molar-refractivity contribution in [2.75, 3.05) is 0 Å². The molecular formula is C19H17N3O4. The zero-order valence-corrected chi connectivity index (χ0v) is 14.2. The Hall–Kier alpha value is -3.61. The summed E-state index contributed by atoms with van der Waals surface area (Å²) in [4.78, 5) is 36.9. The van der Waals surface area contributed by atoms with Crippen LogP contribution in [-0.4, -0.2) is 21.5 Å². The first kappa shape index (κ1) is 17.2. The van der Waals surface area contributed by atoms with E-state index < -0.39 is 28.7 Å². The molecule has 0 aliphatic heterocycles. The quantitative estimate of drug-likeness (QED) is 0.611. The van der Waals surface area contributed by atoms with Crippen molar-refractivity contribution in [3.63, 3.8) is 0 Å². The van der Waals surface area contributed by atoms with Crippen LogP contribution in [-0.2, 0) is 7.05 Å². The van der Waals surface area contributed by atoms with Crippen LogP contribution in [0.1, 0.15) is 26.3 Å². The number of hydrogen-bond acceptors (Lipinski definition) is 4. The second kappa shape index (κ2) is 6.72. The van der Waals surface area contributed by atoms with Crippen LogP contribution >= 0.6 is 0 Å². The molecule has 0 bridgehead atoms. The molecule has 2 amide bonds. The Morgan fingerprint density at radius 1 is 1.00 bits per heavy atom. The van der Waals surface area contributed by atoms with E-state index in [-0.39, 0.29) is 0 Å². The fourth-order valence-electron chi connectivity index (χ4n) is 2.72. The fraction of sp³-hybridized carbons (Fsp3) is 0.105. The molecule has 1 heterocycles. The molecule has 26 heavy (non-hydrogen) atoms. The largest absolute Gasteiger partial charge is 0.506 e. The first-order chi connectivity index (χ1) is 12.4. The van der Waals surface area contributed by atoms with Crippen molar-refractivity contribution < 1.29 is 14.7 Å². The summed E-state index contributed by atoms with van der Waals surface area (Å²) in [6.45, 7) is 1.84. The van der Waals surface area contributed by atoms with Crippen LogP contribution in [0.2, 0.25) is 0 Å². The van der Waals surface area contributed by atoms with Gasteiger partial charge in [-0.3, -0.25) is 25.2 Å². The number of hydrazine groups is 1. The van der Waals surface area contributed by atoms with E-state index in [2.05, 4.69) is 10.9 Å². The SMILES string of the molecule is Cc1cccc(C(=O)NNC(=O)c2c(O)c3ccccc3n(C)c2=O)c1. The number of rotatable bonds is 2. The maximum absolute atomic E-state index is 12.4. The van der Waals surface area contributed by atoms with Crippen molar-refractivity contribution in [2.45, 2.75) is 6.92 Å². The van der Waals surface area contributed by atoms with Crippen molar-refractivity contribution >= 4 is 22.7 Å². The molecule has 0 saturated heterocycles. The number of fused-ring (bicyclic) bond motifs is 1. The second-order valence-electron chi connectivity index (χ2n) is 5.88. The van der Waals surface area contributed by atoms with Gasteiger partial charge in [0.25, 0.3) is 17.4 Å². The minimum Gasteiger partial charge on any atom is -0.506 e. The van der Waals surface area contributed by atoms with Gasteiger partial charge in [0.2, 0.25) is 0 Å². The number of pyridine rings is 1. The summed E-state index contributed by atoms with van der Waals surface area (Å²) < 4.78 is 1.27. The third kappa shape index (κ3) is 3.02. The Bertz CT molecular complexity index is 1090. The zero-order valence-electron chi connectivity index (χ0n) is 14.2. The number of nitrogens with zero attached hydrogens (tertiary/aromatic N) is 1. The number of hydrogen-bond donors (Lipinski definition) is 3. The van der Waals surface area contributed by atoms with Crippen molar-refractivity contribution in [3.05, 3.63) is 75.6 Å². The highest BCUT2D eigenvalue weighted by Crippen LogP contribution is 2.25. The van der Waals surface area contributed by atoms with Crippen LogP contribution in [0.4, 0.5) is 0 Å². The summed E-state index contributed by atoms with van der Waals surface area (Å²) in [7, 11) is 1.51. The van der Waals surface area contributed by atoms with Gasteiger partial charge in [0.15, 0.2) is 0 Å². The fourth-order valence-corrected chi connectivity index (χ4v) is 2.72. The number of nitrogens with one attached hydrogen (secondary N) is 2. The van der Waals surface area contributed by atoms with Crippen LogP contribution in [0.15, 0.2) is 53.3 Å². The minimum absolute atomic E-state index is 0.362. The van der Waals surface area contributed by atoms with Crippen LogP contribution < -0.4 is 16.4 Å². The Morgan fingerprint density at radius 3 is 2.42 bits per heavy atom. The summed E-state index contributed by atoms with van der Waals surface area (Å²) >= 11 is 0. The van der Waals surface area contributed by atoms with E-state index in [0.29, 0.717) is 16.5 Å². The Kier molecular flexibility index (Phi) is 4.45. The lowest BCUT2D eigenvalue weighted by molar-refractivity contribution is 0.0844. The van der Waals surface area contributed by atoms with Gasteiger partial charge < -0.3 is 9.67 Å². The van der Waals surface area contributed by atoms with Crippen LogP contribution in [0, 0.1) is 6.92 Å². The summed E-state index contributed by atoms with van der Waals surface area (Å²) in [6.07, 6.45) is 0. The average molecular weight is 351 g/mol. The maximum Gasteiger partial charge on any atom is 0.279 e. The topological polar surface area (TPSA) is 100 Å². The van der Waals surface area contributed by atoms with Crippen molar-refractivity contribution in [3.8, 4) is 5.75 Å². The molecule has 0 aliphatic rings. The van der Waals surface area contributed by atoms with Gasteiger partial charge in [-0.1, -0.05) is 29.8 Å². The third-order valence-electron chi connectivity index (χ3n) is 4.07. The summed E-state index contributed by atoms with van der Waals surface area (Å²) in [5.74, 6) is -1.85. The normalized spacial score (nSPS) is 10.5. The van der Waals surface area contributed by atoms with Crippen LogP contribution in [0.5, 0.6) is 5.75 Å². The van der Waals surface area contributed by atoms with Gasteiger partial charge in [-0.25, -0.2) is 0 Å². The van der Waals surface area contributed by atoms with Crippen LogP contribution in [0.3, 0.4) is 0 Å². The predicted molar refractivity (Wildman–Crippen MR) is 97.0 cm³/mol. The molecule has 7 heteroatoms. The third-order valence-corrected chi connectivity index (χ3v) is 4.07. The highest BCUT2D eigenvalue weighted by molar-refractivity contribution is 6.03. The Labute approximate surface area is 148 Å². The van der Waals surface area contributed by atoms with E-state index in [1.54, 1.807) is 42.5 Å². The summed E-state index contributed by atoms with van der Waals surface area (Å²) in [5.41, 5.74) is 5.08. The molecule has 2 aromatic carbocycles. The Morgan fingerprint density at radius 2 is 1.69 bits per heavy atom. The smallest absolute Gasteiger partial charge is 0.279 e. The van der Waals surface area contributed by atoms with Gasteiger partial charge in [0.1, 0.15) is 11.3 Å². The van der Waals surface area contributed by atoms with Crippen molar-refractivity contribution in [2.24, 2.45) is 7.05 Å². The van der Waals surface area contributed by atoms with Crippen molar-refractivity contribution in [1.29, 1.82) is 0 Å². The monoisotopic (exact) mass is 351 g/mol. The number of amides is 2. The molecule has 3 N–H and O–H groups in total. The maximum atomic E-state index is 12.4. The first-order valence-electron chi connectivity index (χ1n) is 7.88. The van der Waals surface area contributed by atoms with Crippen LogP contribution in [0.25, 0.3) is 10.9 Å². The van der Waals surface area contributed by atoms with Gasteiger partial charge >= 0.3 is 0 Å². The zero-order chi connectivity index (χ0) is 18.8. The lowest BCUT2D eigenvalue weighted by atomic mass is 10.1. The summed E-state index contributed by atoms with van der Waals surface area (Å²) in [5, 5.41) is 10.7. The summed E-state index contributed by atoms with van der Waals surface area (Å²) in [6, 6.07) is 13.5. The number of para-hydroxylation sites is 1. The number of aromatic hydroxyl groups is 1.